The number of hydrogen-bond acceptors (Lipinski definition) is 2. The molecule has 0 radical (unpaired) electrons. The average Bonchev–Trinajstić information content (AvgIpc) is 2.23. The van der Waals surface area contributed by atoms with Crippen molar-refractivity contribution in [1.29, 1.82) is 0 Å². The highest BCUT2D eigenvalue weighted by molar-refractivity contribution is 4.99. The van der Waals surface area contributed by atoms with Gasteiger partial charge in [0.2, 0.25) is 0 Å². The van der Waals surface area contributed by atoms with Gasteiger partial charge in [0, 0.05) is 18.6 Å². The summed E-state index contributed by atoms with van der Waals surface area (Å²) < 4.78 is 0. The van der Waals surface area contributed by atoms with Gasteiger partial charge in [0.1, 0.15) is 0 Å². The number of nitrogens with one attached hydrogen (secondary N) is 1. The number of aliphatic hydroxyl groups is 1. The number of rotatable bonds is 7. The molecule has 14 heavy (non-hydrogen) atoms. The Morgan fingerprint density at radius 1 is 1.50 bits per heavy atom. The molecule has 0 aromatic carbocycles. The molecule has 0 amide bonds. The van der Waals surface area contributed by atoms with E-state index in [2.05, 4.69) is 32.0 Å². The molecule has 0 aliphatic heterocycles. The van der Waals surface area contributed by atoms with Gasteiger partial charge in [0.05, 0.1) is 6.04 Å². The van der Waals surface area contributed by atoms with Crippen LogP contribution in [0.2, 0.25) is 0 Å². The molecular formula is C12H23NO. The molecule has 0 rings (SSSR count). The van der Waals surface area contributed by atoms with Crippen LogP contribution in [0.3, 0.4) is 0 Å². The SMILES string of the molecule is C#CC(CCC)NCC(C)(CC)CO. The van der Waals surface area contributed by atoms with Crippen LogP contribution in [-0.2, 0) is 0 Å². The molecule has 0 spiro atoms. The fourth-order valence-electron chi connectivity index (χ4n) is 1.20. The van der Waals surface area contributed by atoms with Gasteiger partial charge in [-0.1, -0.05) is 33.1 Å². The Hall–Kier alpha value is -0.520. The molecule has 0 saturated carbocycles. The molecule has 2 atom stereocenters. The first kappa shape index (κ1) is 13.5. The van der Waals surface area contributed by atoms with Gasteiger partial charge in [-0.2, -0.15) is 0 Å². The summed E-state index contributed by atoms with van der Waals surface area (Å²) in [6, 6.07) is 0.150. The largest absolute Gasteiger partial charge is 0.396 e. The fraction of sp³-hybridized carbons (Fsp3) is 0.833. The van der Waals surface area contributed by atoms with E-state index in [-0.39, 0.29) is 18.1 Å². The van der Waals surface area contributed by atoms with Gasteiger partial charge in [-0.3, -0.25) is 0 Å². The lowest BCUT2D eigenvalue weighted by Crippen LogP contribution is -2.39. The number of aliphatic hydroxyl groups excluding tert-OH is 1. The van der Waals surface area contributed by atoms with Gasteiger partial charge in [0.15, 0.2) is 0 Å². The second kappa shape index (κ2) is 6.86. The third-order valence-electron chi connectivity index (χ3n) is 2.79. The van der Waals surface area contributed by atoms with E-state index in [0.29, 0.717) is 0 Å². The Bertz CT molecular complexity index is 179. The normalized spacial score (nSPS) is 17.1. The minimum Gasteiger partial charge on any atom is -0.396 e. The predicted molar refractivity (Wildman–Crippen MR) is 61.0 cm³/mol. The Morgan fingerprint density at radius 3 is 2.50 bits per heavy atom. The van der Waals surface area contributed by atoms with Crippen molar-refractivity contribution in [2.75, 3.05) is 13.2 Å². The Kier molecular flexibility index (Phi) is 6.61. The van der Waals surface area contributed by atoms with E-state index in [9.17, 15) is 5.11 Å². The van der Waals surface area contributed by atoms with Crippen LogP contribution in [-0.4, -0.2) is 24.3 Å². The summed E-state index contributed by atoms with van der Waals surface area (Å²) in [6.07, 6.45) is 8.44. The van der Waals surface area contributed by atoms with Crippen molar-refractivity contribution in [1.82, 2.24) is 5.32 Å². The van der Waals surface area contributed by atoms with Gasteiger partial charge in [-0.05, 0) is 12.8 Å². The maximum absolute atomic E-state index is 9.21. The van der Waals surface area contributed by atoms with Gasteiger partial charge in [-0.15, -0.1) is 6.42 Å². The third kappa shape index (κ3) is 4.64. The maximum Gasteiger partial charge on any atom is 0.0687 e. The molecule has 0 aromatic heterocycles. The van der Waals surface area contributed by atoms with Crippen molar-refractivity contribution in [2.45, 2.75) is 46.1 Å². The quantitative estimate of drug-likeness (QED) is 0.610. The summed E-state index contributed by atoms with van der Waals surface area (Å²) in [5.74, 6) is 2.73. The molecule has 2 heteroatoms. The Labute approximate surface area is 88.1 Å². The second-order valence-electron chi connectivity index (χ2n) is 4.21. The molecule has 0 heterocycles. The first-order chi connectivity index (χ1) is 6.61. The van der Waals surface area contributed by atoms with Crippen LogP contribution in [0, 0.1) is 17.8 Å². The van der Waals surface area contributed by atoms with E-state index in [1.807, 2.05) is 0 Å². The topological polar surface area (TPSA) is 32.3 Å². The first-order valence-electron chi connectivity index (χ1n) is 5.42. The summed E-state index contributed by atoms with van der Waals surface area (Å²) in [4.78, 5) is 0. The van der Waals surface area contributed by atoms with Crippen LogP contribution in [0.4, 0.5) is 0 Å². The van der Waals surface area contributed by atoms with Gasteiger partial charge in [0.25, 0.3) is 0 Å². The van der Waals surface area contributed by atoms with E-state index in [1.54, 1.807) is 0 Å². The third-order valence-corrected chi connectivity index (χ3v) is 2.79. The number of terminal acetylenes is 1. The van der Waals surface area contributed by atoms with Crippen molar-refractivity contribution >= 4 is 0 Å². The molecule has 0 aromatic rings. The second-order valence-corrected chi connectivity index (χ2v) is 4.21. The monoisotopic (exact) mass is 197 g/mol. The molecule has 0 saturated heterocycles. The van der Waals surface area contributed by atoms with E-state index in [1.165, 1.54) is 0 Å². The maximum atomic E-state index is 9.21. The number of hydrogen-bond donors (Lipinski definition) is 2. The first-order valence-corrected chi connectivity index (χ1v) is 5.42. The van der Waals surface area contributed by atoms with Crippen LogP contribution < -0.4 is 5.32 Å². The lowest BCUT2D eigenvalue weighted by molar-refractivity contribution is 0.133. The lowest BCUT2D eigenvalue weighted by Gasteiger charge is -2.27. The highest BCUT2D eigenvalue weighted by Gasteiger charge is 2.21. The Morgan fingerprint density at radius 2 is 2.14 bits per heavy atom. The lowest BCUT2D eigenvalue weighted by atomic mass is 9.88. The van der Waals surface area contributed by atoms with E-state index >= 15 is 0 Å². The van der Waals surface area contributed by atoms with Crippen LogP contribution in [0.15, 0.2) is 0 Å². The minimum absolute atomic E-state index is 0.0388. The zero-order valence-electron chi connectivity index (χ0n) is 9.64. The van der Waals surface area contributed by atoms with E-state index in [0.717, 1.165) is 25.8 Å². The molecule has 2 unspecified atom stereocenters. The van der Waals surface area contributed by atoms with Crippen molar-refractivity contribution in [3.8, 4) is 12.3 Å². The predicted octanol–water partition coefficient (Wildman–Crippen LogP) is 1.79. The van der Waals surface area contributed by atoms with Crippen LogP contribution in [0.1, 0.15) is 40.0 Å². The van der Waals surface area contributed by atoms with Crippen LogP contribution in [0.25, 0.3) is 0 Å². The fourth-order valence-corrected chi connectivity index (χ4v) is 1.20. The summed E-state index contributed by atoms with van der Waals surface area (Å²) in [7, 11) is 0. The molecule has 0 bridgehead atoms. The smallest absolute Gasteiger partial charge is 0.0687 e. The van der Waals surface area contributed by atoms with Gasteiger partial charge >= 0.3 is 0 Å². The molecule has 82 valence electrons. The van der Waals surface area contributed by atoms with Crippen molar-refractivity contribution in [2.24, 2.45) is 5.41 Å². The average molecular weight is 197 g/mol. The molecule has 2 N–H and O–H groups in total. The van der Waals surface area contributed by atoms with Crippen molar-refractivity contribution in [3.63, 3.8) is 0 Å². The summed E-state index contributed by atoms with van der Waals surface area (Å²) >= 11 is 0. The highest BCUT2D eigenvalue weighted by Crippen LogP contribution is 2.18. The van der Waals surface area contributed by atoms with E-state index < -0.39 is 0 Å². The van der Waals surface area contributed by atoms with E-state index in [4.69, 9.17) is 6.42 Å². The Balaban J connectivity index is 3.95. The van der Waals surface area contributed by atoms with Gasteiger partial charge < -0.3 is 10.4 Å². The standard InChI is InChI=1S/C12H23NO/c1-5-8-11(6-2)13-9-12(4,7-3)10-14/h2,11,13-14H,5,7-10H2,1,3-4H3. The zero-order chi connectivity index (χ0) is 11.0. The van der Waals surface area contributed by atoms with Crippen LogP contribution in [0.5, 0.6) is 0 Å². The zero-order valence-corrected chi connectivity index (χ0v) is 9.64. The van der Waals surface area contributed by atoms with Crippen molar-refractivity contribution in [3.05, 3.63) is 0 Å². The molecule has 0 aliphatic rings. The summed E-state index contributed by atoms with van der Waals surface area (Å²) in [5.41, 5.74) is -0.0388. The van der Waals surface area contributed by atoms with Crippen LogP contribution >= 0.6 is 0 Å². The molecule has 2 nitrogen and oxygen atoms in total. The van der Waals surface area contributed by atoms with Gasteiger partial charge in [-0.25, -0.2) is 0 Å². The van der Waals surface area contributed by atoms with Crippen molar-refractivity contribution < 1.29 is 5.11 Å². The summed E-state index contributed by atoms with van der Waals surface area (Å²) in [6.45, 7) is 7.27. The molecule has 0 fully saturated rings. The molecular weight excluding hydrogens is 174 g/mol. The molecule has 0 aliphatic carbocycles. The minimum atomic E-state index is -0.0388. The highest BCUT2D eigenvalue weighted by atomic mass is 16.3. The summed E-state index contributed by atoms with van der Waals surface area (Å²) in [5, 5.41) is 12.5.